The van der Waals surface area contributed by atoms with Gasteiger partial charge in [0.2, 0.25) is 0 Å². The summed E-state index contributed by atoms with van der Waals surface area (Å²) in [5.41, 5.74) is 0. The molecular formula is C16H32N2. The van der Waals surface area contributed by atoms with Crippen molar-refractivity contribution in [1.29, 1.82) is 0 Å². The summed E-state index contributed by atoms with van der Waals surface area (Å²) in [7, 11) is 0. The maximum atomic E-state index is 3.60. The summed E-state index contributed by atoms with van der Waals surface area (Å²) >= 11 is 0. The van der Waals surface area contributed by atoms with E-state index in [2.05, 4.69) is 17.1 Å². The van der Waals surface area contributed by atoms with Gasteiger partial charge in [0.25, 0.3) is 0 Å². The zero-order valence-electron chi connectivity index (χ0n) is 12.3. The lowest BCUT2D eigenvalue weighted by Crippen LogP contribution is -2.39. The monoisotopic (exact) mass is 252 g/mol. The molecule has 0 bridgehead atoms. The predicted molar refractivity (Wildman–Crippen MR) is 79.0 cm³/mol. The maximum Gasteiger partial charge on any atom is 0.00926 e. The standard InChI is InChI=1S/C16H32N2/c1-2-16-9-5-8-14-18(16)13-7-4-3-6-12-17-15-10-11-15/h15-17H,2-14H2,1H3. The van der Waals surface area contributed by atoms with E-state index >= 15 is 0 Å². The van der Waals surface area contributed by atoms with Gasteiger partial charge in [-0.25, -0.2) is 0 Å². The van der Waals surface area contributed by atoms with Crippen molar-refractivity contribution in [1.82, 2.24) is 10.2 Å². The van der Waals surface area contributed by atoms with Gasteiger partial charge in [0.15, 0.2) is 0 Å². The van der Waals surface area contributed by atoms with Gasteiger partial charge in [0, 0.05) is 12.1 Å². The van der Waals surface area contributed by atoms with Crippen LogP contribution < -0.4 is 5.32 Å². The first-order valence-corrected chi connectivity index (χ1v) is 8.37. The Bertz CT molecular complexity index is 213. The van der Waals surface area contributed by atoms with Crippen LogP contribution in [-0.2, 0) is 0 Å². The number of hydrogen-bond acceptors (Lipinski definition) is 2. The molecule has 2 fully saturated rings. The normalized spacial score (nSPS) is 25.5. The van der Waals surface area contributed by atoms with Gasteiger partial charge in [-0.2, -0.15) is 0 Å². The Morgan fingerprint density at radius 3 is 2.61 bits per heavy atom. The fourth-order valence-electron chi connectivity index (χ4n) is 3.20. The highest BCUT2D eigenvalue weighted by molar-refractivity contribution is 4.80. The summed E-state index contributed by atoms with van der Waals surface area (Å²) in [5.74, 6) is 0. The number of nitrogens with zero attached hydrogens (tertiary/aromatic N) is 1. The van der Waals surface area contributed by atoms with E-state index in [1.165, 1.54) is 83.8 Å². The lowest BCUT2D eigenvalue weighted by molar-refractivity contribution is 0.141. The van der Waals surface area contributed by atoms with E-state index in [0.717, 1.165) is 12.1 Å². The van der Waals surface area contributed by atoms with Crippen molar-refractivity contribution >= 4 is 0 Å². The minimum absolute atomic E-state index is 0.892. The van der Waals surface area contributed by atoms with Crippen molar-refractivity contribution in [2.75, 3.05) is 19.6 Å². The molecule has 1 unspecified atom stereocenters. The molecule has 18 heavy (non-hydrogen) atoms. The van der Waals surface area contributed by atoms with Crippen molar-refractivity contribution in [3.8, 4) is 0 Å². The quantitative estimate of drug-likeness (QED) is 0.631. The molecule has 0 aromatic heterocycles. The molecule has 0 aromatic rings. The minimum atomic E-state index is 0.892. The smallest absolute Gasteiger partial charge is 0.00926 e. The Morgan fingerprint density at radius 2 is 1.83 bits per heavy atom. The molecule has 1 aliphatic heterocycles. The topological polar surface area (TPSA) is 15.3 Å². The Kier molecular flexibility index (Phi) is 6.50. The third-order valence-corrected chi connectivity index (χ3v) is 4.60. The highest BCUT2D eigenvalue weighted by atomic mass is 15.2. The molecule has 0 spiro atoms. The third-order valence-electron chi connectivity index (χ3n) is 4.60. The van der Waals surface area contributed by atoms with Gasteiger partial charge in [0.05, 0.1) is 0 Å². The summed E-state index contributed by atoms with van der Waals surface area (Å²) in [5, 5.41) is 3.60. The number of hydrogen-bond donors (Lipinski definition) is 1. The zero-order chi connectivity index (χ0) is 12.6. The van der Waals surface area contributed by atoms with Crippen LogP contribution in [0.15, 0.2) is 0 Å². The molecular weight excluding hydrogens is 220 g/mol. The molecule has 1 saturated carbocycles. The first-order chi connectivity index (χ1) is 8.90. The summed E-state index contributed by atoms with van der Waals surface area (Å²) < 4.78 is 0. The molecule has 2 heteroatoms. The van der Waals surface area contributed by atoms with E-state index in [4.69, 9.17) is 0 Å². The number of nitrogens with one attached hydrogen (secondary N) is 1. The highest BCUT2D eigenvalue weighted by Crippen LogP contribution is 2.20. The Morgan fingerprint density at radius 1 is 1.00 bits per heavy atom. The molecule has 1 N–H and O–H groups in total. The van der Waals surface area contributed by atoms with Crippen LogP contribution in [0, 0.1) is 0 Å². The number of piperidine rings is 1. The molecule has 0 amide bonds. The molecule has 1 saturated heterocycles. The first-order valence-electron chi connectivity index (χ1n) is 8.37. The van der Waals surface area contributed by atoms with Crippen molar-refractivity contribution in [2.24, 2.45) is 0 Å². The third kappa shape index (κ3) is 5.27. The molecule has 2 aliphatic rings. The minimum Gasteiger partial charge on any atom is -0.314 e. The van der Waals surface area contributed by atoms with E-state index in [9.17, 15) is 0 Å². The number of unbranched alkanes of at least 4 members (excludes halogenated alkanes) is 3. The zero-order valence-corrected chi connectivity index (χ0v) is 12.3. The van der Waals surface area contributed by atoms with Gasteiger partial charge in [-0.15, -0.1) is 0 Å². The Balaban J connectivity index is 1.43. The Labute approximate surface area is 114 Å². The molecule has 0 radical (unpaired) electrons. The largest absolute Gasteiger partial charge is 0.314 e. The van der Waals surface area contributed by atoms with Crippen LogP contribution in [0.4, 0.5) is 0 Å². The fraction of sp³-hybridized carbons (Fsp3) is 1.00. The second kappa shape index (κ2) is 8.16. The van der Waals surface area contributed by atoms with Gasteiger partial charge in [-0.05, 0) is 64.6 Å². The van der Waals surface area contributed by atoms with E-state index < -0.39 is 0 Å². The summed E-state index contributed by atoms with van der Waals surface area (Å²) in [6, 6.07) is 1.79. The summed E-state index contributed by atoms with van der Waals surface area (Å²) in [6.45, 7) is 6.33. The van der Waals surface area contributed by atoms with Crippen LogP contribution in [0.1, 0.15) is 71.1 Å². The molecule has 2 nitrogen and oxygen atoms in total. The number of likely N-dealkylation sites (tertiary alicyclic amines) is 1. The summed E-state index contributed by atoms with van der Waals surface area (Å²) in [6.07, 6.45) is 14.2. The fourth-order valence-corrected chi connectivity index (χ4v) is 3.20. The van der Waals surface area contributed by atoms with Crippen LogP contribution >= 0.6 is 0 Å². The molecule has 1 aliphatic carbocycles. The van der Waals surface area contributed by atoms with Crippen molar-refractivity contribution in [2.45, 2.75) is 83.2 Å². The van der Waals surface area contributed by atoms with Crippen LogP contribution in [0.3, 0.4) is 0 Å². The van der Waals surface area contributed by atoms with Crippen molar-refractivity contribution in [3.63, 3.8) is 0 Å². The summed E-state index contributed by atoms with van der Waals surface area (Å²) in [4.78, 5) is 2.76. The van der Waals surface area contributed by atoms with E-state index in [1.807, 2.05) is 0 Å². The van der Waals surface area contributed by atoms with Gasteiger partial charge in [-0.1, -0.05) is 26.2 Å². The van der Waals surface area contributed by atoms with Gasteiger partial charge in [0.1, 0.15) is 0 Å². The molecule has 1 atom stereocenters. The molecule has 1 heterocycles. The van der Waals surface area contributed by atoms with Gasteiger partial charge in [-0.3, -0.25) is 0 Å². The van der Waals surface area contributed by atoms with Crippen LogP contribution in [0.5, 0.6) is 0 Å². The average Bonchev–Trinajstić information content (AvgIpc) is 3.22. The number of rotatable bonds is 9. The van der Waals surface area contributed by atoms with Crippen LogP contribution in [0.2, 0.25) is 0 Å². The van der Waals surface area contributed by atoms with E-state index in [-0.39, 0.29) is 0 Å². The maximum absolute atomic E-state index is 3.60. The molecule has 106 valence electrons. The second-order valence-electron chi connectivity index (χ2n) is 6.24. The van der Waals surface area contributed by atoms with Crippen molar-refractivity contribution in [3.05, 3.63) is 0 Å². The first kappa shape index (κ1) is 14.3. The molecule has 0 aromatic carbocycles. The van der Waals surface area contributed by atoms with Crippen molar-refractivity contribution < 1.29 is 0 Å². The predicted octanol–water partition coefficient (Wildman–Crippen LogP) is 3.56. The van der Waals surface area contributed by atoms with Crippen LogP contribution in [0.25, 0.3) is 0 Å². The highest BCUT2D eigenvalue weighted by Gasteiger charge is 2.20. The SMILES string of the molecule is CCC1CCCCN1CCCCCCNC1CC1. The molecule has 2 rings (SSSR count). The second-order valence-corrected chi connectivity index (χ2v) is 6.24. The Hall–Kier alpha value is -0.0800. The lowest BCUT2D eigenvalue weighted by atomic mass is 9.99. The van der Waals surface area contributed by atoms with Crippen LogP contribution in [-0.4, -0.2) is 36.6 Å². The lowest BCUT2D eigenvalue weighted by Gasteiger charge is -2.35. The van der Waals surface area contributed by atoms with Gasteiger partial charge >= 0.3 is 0 Å². The van der Waals surface area contributed by atoms with Gasteiger partial charge < -0.3 is 10.2 Å². The average molecular weight is 252 g/mol. The van der Waals surface area contributed by atoms with E-state index in [0.29, 0.717) is 0 Å². The van der Waals surface area contributed by atoms with E-state index in [1.54, 1.807) is 0 Å².